The third kappa shape index (κ3) is 2.65. The highest BCUT2D eigenvalue weighted by molar-refractivity contribution is 5.39. The van der Waals surface area contributed by atoms with E-state index in [-0.39, 0.29) is 0 Å². The highest BCUT2D eigenvalue weighted by Gasteiger charge is 2.21. The summed E-state index contributed by atoms with van der Waals surface area (Å²) in [6.45, 7) is 0.812. The molecule has 1 heterocycles. The molecule has 1 aromatic heterocycles. The fourth-order valence-electron chi connectivity index (χ4n) is 3.00. The summed E-state index contributed by atoms with van der Waals surface area (Å²) in [7, 11) is 0. The molecular weight excluding hydrogens is 234 g/mol. The van der Waals surface area contributed by atoms with Gasteiger partial charge in [-0.1, -0.05) is 49.6 Å². The Morgan fingerprint density at radius 2 is 1.84 bits per heavy atom. The Labute approximate surface area is 114 Å². The third-order valence-corrected chi connectivity index (χ3v) is 4.10. The van der Waals surface area contributed by atoms with Crippen LogP contribution in [-0.4, -0.2) is 9.55 Å². The summed E-state index contributed by atoms with van der Waals surface area (Å²) in [5, 5.41) is 0. The van der Waals surface area contributed by atoms with Crippen LogP contribution in [0.15, 0.2) is 36.7 Å². The van der Waals surface area contributed by atoms with E-state index in [9.17, 15) is 0 Å². The maximum Gasteiger partial charge on any atom is 0.127 e. The Bertz CT molecular complexity index is 524. The summed E-state index contributed by atoms with van der Waals surface area (Å²) in [5.41, 5.74) is 8.67. The summed E-state index contributed by atoms with van der Waals surface area (Å²) >= 11 is 0. The van der Waals surface area contributed by atoms with Crippen molar-refractivity contribution in [1.82, 2.24) is 9.55 Å². The topological polar surface area (TPSA) is 43.8 Å². The summed E-state index contributed by atoms with van der Waals surface area (Å²) in [5.74, 6) is 1.43. The lowest BCUT2D eigenvalue weighted by Gasteiger charge is -2.20. The minimum Gasteiger partial charge on any atom is -0.384 e. The quantitative estimate of drug-likeness (QED) is 0.911. The van der Waals surface area contributed by atoms with Crippen molar-refractivity contribution in [3.05, 3.63) is 47.9 Å². The minimum absolute atomic E-state index is 0.575. The largest absolute Gasteiger partial charge is 0.384 e. The van der Waals surface area contributed by atoms with E-state index in [1.54, 1.807) is 0 Å². The first-order valence-corrected chi connectivity index (χ1v) is 7.19. The molecule has 3 heteroatoms. The van der Waals surface area contributed by atoms with Crippen molar-refractivity contribution in [1.29, 1.82) is 0 Å². The second-order valence-corrected chi connectivity index (χ2v) is 5.46. The van der Waals surface area contributed by atoms with E-state index < -0.39 is 0 Å². The summed E-state index contributed by atoms with van der Waals surface area (Å²) in [4.78, 5) is 4.57. The average Bonchev–Trinajstić information content (AvgIpc) is 2.82. The second-order valence-electron chi connectivity index (χ2n) is 5.46. The van der Waals surface area contributed by atoms with Crippen LogP contribution >= 0.6 is 0 Å². The van der Waals surface area contributed by atoms with Crippen LogP contribution in [-0.2, 0) is 6.54 Å². The number of nitrogen functional groups attached to an aromatic ring is 1. The van der Waals surface area contributed by atoms with Gasteiger partial charge in [0.1, 0.15) is 5.82 Å². The Morgan fingerprint density at radius 3 is 2.58 bits per heavy atom. The van der Waals surface area contributed by atoms with Crippen LogP contribution in [0.4, 0.5) is 5.82 Å². The van der Waals surface area contributed by atoms with Crippen LogP contribution < -0.4 is 5.73 Å². The fraction of sp³-hybridized carbons (Fsp3) is 0.438. The van der Waals surface area contributed by atoms with Crippen molar-refractivity contribution in [3.63, 3.8) is 0 Å². The molecule has 1 saturated carbocycles. The Balaban J connectivity index is 1.78. The number of benzene rings is 1. The van der Waals surface area contributed by atoms with Gasteiger partial charge in [-0.2, -0.15) is 0 Å². The van der Waals surface area contributed by atoms with Gasteiger partial charge in [-0.3, -0.25) is 0 Å². The van der Waals surface area contributed by atoms with Crippen molar-refractivity contribution in [2.24, 2.45) is 0 Å². The molecular formula is C16H21N3. The number of imidazole rings is 1. The lowest BCUT2D eigenvalue weighted by atomic mass is 9.87. The highest BCUT2D eigenvalue weighted by atomic mass is 15.1. The molecule has 100 valence electrons. The first-order chi connectivity index (χ1) is 9.34. The Kier molecular flexibility index (Phi) is 3.53. The lowest BCUT2D eigenvalue weighted by Crippen LogP contribution is -2.09. The van der Waals surface area contributed by atoms with Crippen LogP contribution in [0.2, 0.25) is 0 Å². The van der Waals surface area contributed by atoms with Crippen molar-refractivity contribution in [2.45, 2.75) is 44.6 Å². The van der Waals surface area contributed by atoms with Gasteiger partial charge in [0.05, 0.1) is 18.6 Å². The number of anilines is 1. The predicted octanol–water partition coefficient (Wildman–Crippen LogP) is 3.56. The molecule has 0 saturated heterocycles. The first kappa shape index (κ1) is 12.3. The zero-order chi connectivity index (χ0) is 13.1. The number of nitrogens with two attached hydrogens (primary N) is 1. The molecule has 0 aliphatic heterocycles. The number of hydrogen-bond donors (Lipinski definition) is 1. The lowest BCUT2D eigenvalue weighted by molar-refractivity contribution is 0.438. The van der Waals surface area contributed by atoms with Crippen molar-refractivity contribution in [3.8, 4) is 0 Å². The molecule has 0 atom stereocenters. The third-order valence-electron chi connectivity index (χ3n) is 4.10. The Hall–Kier alpha value is -1.77. The molecule has 0 spiro atoms. The molecule has 1 fully saturated rings. The van der Waals surface area contributed by atoms with E-state index in [0.29, 0.717) is 5.92 Å². The fourth-order valence-corrected chi connectivity index (χ4v) is 3.00. The monoisotopic (exact) mass is 255 g/mol. The van der Waals surface area contributed by atoms with Crippen molar-refractivity contribution in [2.75, 3.05) is 5.73 Å². The zero-order valence-corrected chi connectivity index (χ0v) is 11.3. The maximum atomic E-state index is 6.28. The SMILES string of the molecule is Nc1c(C2CCCCC2)ncn1Cc1ccccc1. The number of aromatic nitrogens is 2. The molecule has 0 amide bonds. The summed E-state index contributed by atoms with van der Waals surface area (Å²) in [6.07, 6.45) is 8.37. The standard InChI is InChI=1S/C16H21N3/c17-16-15(14-9-5-2-6-10-14)18-12-19(16)11-13-7-3-1-4-8-13/h1,3-4,7-8,12,14H,2,5-6,9-11,17H2. The number of rotatable bonds is 3. The van der Waals surface area contributed by atoms with E-state index in [4.69, 9.17) is 5.73 Å². The number of nitrogens with zero attached hydrogens (tertiary/aromatic N) is 2. The zero-order valence-electron chi connectivity index (χ0n) is 11.3. The van der Waals surface area contributed by atoms with Crippen LogP contribution in [0.25, 0.3) is 0 Å². The van der Waals surface area contributed by atoms with Gasteiger partial charge in [-0.05, 0) is 18.4 Å². The van der Waals surface area contributed by atoms with Crippen LogP contribution in [0.5, 0.6) is 0 Å². The highest BCUT2D eigenvalue weighted by Crippen LogP contribution is 2.34. The van der Waals surface area contributed by atoms with Gasteiger partial charge in [0.25, 0.3) is 0 Å². The predicted molar refractivity (Wildman–Crippen MR) is 78.0 cm³/mol. The van der Waals surface area contributed by atoms with Gasteiger partial charge >= 0.3 is 0 Å². The molecule has 0 radical (unpaired) electrons. The molecule has 2 aromatic rings. The van der Waals surface area contributed by atoms with Gasteiger partial charge in [-0.25, -0.2) is 4.98 Å². The second kappa shape index (κ2) is 5.47. The molecule has 1 aliphatic carbocycles. The van der Waals surface area contributed by atoms with Gasteiger partial charge in [0.2, 0.25) is 0 Å². The average molecular weight is 255 g/mol. The summed E-state index contributed by atoms with van der Waals surface area (Å²) in [6, 6.07) is 10.4. The van der Waals surface area contributed by atoms with Crippen LogP contribution in [0.3, 0.4) is 0 Å². The van der Waals surface area contributed by atoms with E-state index in [1.807, 2.05) is 12.4 Å². The molecule has 1 aliphatic rings. The maximum absolute atomic E-state index is 6.28. The van der Waals surface area contributed by atoms with E-state index >= 15 is 0 Å². The van der Waals surface area contributed by atoms with E-state index in [1.165, 1.54) is 37.7 Å². The van der Waals surface area contributed by atoms with Gasteiger partial charge in [-0.15, -0.1) is 0 Å². The Morgan fingerprint density at radius 1 is 1.11 bits per heavy atom. The van der Waals surface area contributed by atoms with E-state index in [0.717, 1.165) is 18.1 Å². The molecule has 1 aromatic carbocycles. The smallest absolute Gasteiger partial charge is 0.127 e. The molecule has 3 rings (SSSR count). The first-order valence-electron chi connectivity index (χ1n) is 7.19. The molecule has 0 unspecified atom stereocenters. The van der Waals surface area contributed by atoms with Crippen molar-refractivity contribution >= 4 is 5.82 Å². The minimum atomic E-state index is 0.575. The summed E-state index contributed by atoms with van der Waals surface area (Å²) < 4.78 is 2.07. The van der Waals surface area contributed by atoms with E-state index in [2.05, 4.69) is 33.8 Å². The normalized spacial score (nSPS) is 16.6. The molecule has 3 nitrogen and oxygen atoms in total. The molecule has 2 N–H and O–H groups in total. The van der Waals surface area contributed by atoms with Gasteiger partial charge in [0, 0.05) is 5.92 Å². The van der Waals surface area contributed by atoms with Gasteiger partial charge in [0.15, 0.2) is 0 Å². The van der Waals surface area contributed by atoms with Crippen LogP contribution in [0, 0.1) is 0 Å². The van der Waals surface area contributed by atoms with Crippen molar-refractivity contribution < 1.29 is 0 Å². The van der Waals surface area contributed by atoms with Gasteiger partial charge < -0.3 is 10.3 Å². The molecule has 19 heavy (non-hydrogen) atoms. The number of hydrogen-bond acceptors (Lipinski definition) is 2. The molecule has 0 bridgehead atoms. The van der Waals surface area contributed by atoms with Crippen LogP contribution in [0.1, 0.15) is 49.3 Å².